The Balaban J connectivity index is 1.71. The zero-order chi connectivity index (χ0) is 16.8. The van der Waals surface area contributed by atoms with Gasteiger partial charge in [0, 0.05) is 18.0 Å². The van der Waals surface area contributed by atoms with Crippen molar-refractivity contribution in [3.05, 3.63) is 60.6 Å². The lowest BCUT2D eigenvalue weighted by Crippen LogP contribution is -1.93. The maximum atomic E-state index is 4.59. The summed E-state index contributed by atoms with van der Waals surface area (Å²) in [5.41, 5.74) is 4.87. The molecule has 2 aromatic carbocycles. The largest absolute Gasteiger partial charge is 0.239 e. The van der Waals surface area contributed by atoms with E-state index in [1.165, 1.54) is 16.3 Å². The van der Waals surface area contributed by atoms with Gasteiger partial charge in [-0.05, 0) is 39.2 Å². The van der Waals surface area contributed by atoms with Gasteiger partial charge in [0.2, 0.25) is 0 Å². The average molecular weight is 327 g/mol. The molecular weight excluding hydrogens is 314 g/mol. The Hall–Kier alpha value is -3.61. The predicted molar refractivity (Wildman–Crippen MR) is 93.8 cm³/mol. The highest BCUT2D eigenvalue weighted by Crippen LogP contribution is 2.31. The van der Waals surface area contributed by atoms with Gasteiger partial charge >= 0.3 is 0 Å². The highest BCUT2D eigenvalue weighted by Gasteiger charge is 2.13. The molecule has 0 saturated heterocycles. The highest BCUT2D eigenvalue weighted by molar-refractivity contribution is 5.98. The molecule has 0 unspecified atom stereocenters. The van der Waals surface area contributed by atoms with Crippen LogP contribution in [0, 0.1) is 6.92 Å². The molecule has 1 N–H and O–H groups in total. The third-order valence-electron chi connectivity index (χ3n) is 4.41. The van der Waals surface area contributed by atoms with Crippen molar-refractivity contribution in [2.75, 3.05) is 0 Å². The first-order chi connectivity index (χ1) is 12.3. The molecule has 3 aromatic heterocycles. The fourth-order valence-electron chi connectivity index (χ4n) is 3.16. The fourth-order valence-corrected chi connectivity index (χ4v) is 3.16. The summed E-state index contributed by atoms with van der Waals surface area (Å²) in [5.74, 6) is 0.552. The van der Waals surface area contributed by atoms with Gasteiger partial charge in [-0.1, -0.05) is 36.4 Å². The number of H-pyrrole nitrogens is 1. The summed E-state index contributed by atoms with van der Waals surface area (Å²) >= 11 is 0. The van der Waals surface area contributed by atoms with Crippen LogP contribution in [-0.2, 0) is 0 Å². The topological polar surface area (TPSA) is 84.6 Å². The van der Waals surface area contributed by atoms with Crippen LogP contribution < -0.4 is 0 Å². The van der Waals surface area contributed by atoms with Gasteiger partial charge < -0.3 is 0 Å². The Morgan fingerprint density at radius 2 is 1.84 bits per heavy atom. The van der Waals surface area contributed by atoms with Gasteiger partial charge in [0.25, 0.3) is 0 Å². The number of tetrazole rings is 1. The Labute approximate surface area is 142 Å². The fraction of sp³-hybridized carbons (Fsp3) is 0.0556. The van der Waals surface area contributed by atoms with E-state index in [-0.39, 0.29) is 0 Å². The molecule has 0 fully saturated rings. The van der Waals surface area contributed by atoms with E-state index < -0.39 is 0 Å². The molecule has 120 valence electrons. The molecule has 7 nitrogen and oxygen atoms in total. The van der Waals surface area contributed by atoms with Crippen molar-refractivity contribution in [2.24, 2.45) is 0 Å². The molecule has 0 radical (unpaired) electrons. The van der Waals surface area contributed by atoms with E-state index in [0.29, 0.717) is 11.5 Å². The van der Waals surface area contributed by atoms with Crippen molar-refractivity contribution in [1.82, 2.24) is 35.2 Å². The number of benzene rings is 2. The average Bonchev–Trinajstić information content (AvgIpc) is 3.31. The second-order valence-electron chi connectivity index (χ2n) is 5.89. The molecule has 0 saturated carbocycles. The summed E-state index contributed by atoms with van der Waals surface area (Å²) in [4.78, 5) is 4.59. The zero-order valence-electron chi connectivity index (χ0n) is 13.4. The van der Waals surface area contributed by atoms with Crippen molar-refractivity contribution < 1.29 is 0 Å². The molecule has 0 spiro atoms. The smallest absolute Gasteiger partial charge is 0.184 e. The summed E-state index contributed by atoms with van der Waals surface area (Å²) in [7, 11) is 0. The van der Waals surface area contributed by atoms with E-state index in [4.69, 9.17) is 0 Å². The third kappa shape index (κ3) is 2.09. The van der Waals surface area contributed by atoms with E-state index in [2.05, 4.69) is 74.0 Å². The molecule has 0 atom stereocenters. The minimum Gasteiger partial charge on any atom is -0.239 e. The first-order valence-electron chi connectivity index (χ1n) is 7.87. The lowest BCUT2D eigenvalue weighted by atomic mass is 9.97. The molecule has 25 heavy (non-hydrogen) atoms. The number of hydrogen-bond donors (Lipinski definition) is 1. The number of nitrogens with zero attached hydrogens (tertiary/aromatic N) is 6. The van der Waals surface area contributed by atoms with Crippen molar-refractivity contribution >= 4 is 16.4 Å². The van der Waals surface area contributed by atoms with Gasteiger partial charge in [-0.3, -0.25) is 0 Å². The number of fused-ring (bicyclic) bond motifs is 2. The maximum absolute atomic E-state index is 4.59. The van der Waals surface area contributed by atoms with Crippen LogP contribution in [0.2, 0.25) is 0 Å². The van der Waals surface area contributed by atoms with Crippen molar-refractivity contribution in [2.45, 2.75) is 6.92 Å². The van der Waals surface area contributed by atoms with Crippen molar-refractivity contribution in [1.29, 1.82) is 0 Å². The quantitative estimate of drug-likeness (QED) is 0.539. The van der Waals surface area contributed by atoms with Gasteiger partial charge in [0.15, 0.2) is 11.5 Å². The molecule has 0 aliphatic rings. The van der Waals surface area contributed by atoms with E-state index in [0.717, 1.165) is 16.7 Å². The number of aromatic amines is 1. The normalized spacial score (nSPS) is 11.4. The third-order valence-corrected chi connectivity index (χ3v) is 4.41. The van der Waals surface area contributed by atoms with Crippen molar-refractivity contribution in [3.8, 4) is 22.5 Å². The second kappa shape index (κ2) is 5.20. The van der Waals surface area contributed by atoms with Crippen LogP contribution in [0.3, 0.4) is 0 Å². The Kier molecular flexibility index (Phi) is 2.87. The van der Waals surface area contributed by atoms with Gasteiger partial charge in [-0.2, -0.15) is 5.10 Å². The summed E-state index contributed by atoms with van der Waals surface area (Å²) in [5, 5.41) is 20.7. The highest BCUT2D eigenvalue weighted by atomic mass is 15.5. The van der Waals surface area contributed by atoms with Gasteiger partial charge in [-0.25, -0.2) is 14.6 Å². The molecule has 7 heteroatoms. The molecule has 0 aliphatic heterocycles. The first kappa shape index (κ1) is 13.8. The lowest BCUT2D eigenvalue weighted by Gasteiger charge is -2.09. The molecule has 5 aromatic rings. The van der Waals surface area contributed by atoms with Crippen LogP contribution in [0.5, 0.6) is 0 Å². The first-order valence-corrected chi connectivity index (χ1v) is 7.87. The van der Waals surface area contributed by atoms with Gasteiger partial charge in [-0.15, -0.1) is 5.10 Å². The van der Waals surface area contributed by atoms with Crippen LogP contribution in [0.25, 0.3) is 38.9 Å². The minimum atomic E-state index is 0.552. The summed E-state index contributed by atoms with van der Waals surface area (Å²) in [6.45, 7) is 2.12. The summed E-state index contributed by atoms with van der Waals surface area (Å²) in [6, 6.07) is 12.7. The minimum absolute atomic E-state index is 0.552. The lowest BCUT2D eigenvalue weighted by molar-refractivity contribution is 0.881. The zero-order valence-corrected chi connectivity index (χ0v) is 13.4. The van der Waals surface area contributed by atoms with Gasteiger partial charge in [0.1, 0.15) is 0 Å². The van der Waals surface area contributed by atoms with Crippen molar-refractivity contribution in [3.63, 3.8) is 0 Å². The summed E-state index contributed by atoms with van der Waals surface area (Å²) in [6.07, 6.45) is 5.55. The van der Waals surface area contributed by atoms with Crippen LogP contribution in [-0.4, -0.2) is 35.2 Å². The molecule has 3 heterocycles. The predicted octanol–water partition coefficient (Wildman–Crippen LogP) is 3.04. The maximum Gasteiger partial charge on any atom is 0.184 e. The number of aromatic nitrogens is 7. The monoisotopic (exact) mass is 327 g/mol. The van der Waals surface area contributed by atoms with Gasteiger partial charge in [0.05, 0.1) is 11.8 Å². The Morgan fingerprint density at radius 3 is 2.68 bits per heavy atom. The van der Waals surface area contributed by atoms with Crippen LogP contribution in [0.4, 0.5) is 0 Å². The Morgan fingerprint density at radius 1 is 0.960 bits per heavy atom. The summed E-state index contributed by atoms with van der Waals surface area (Å²) < 4.78 is 1.75. The van der Waals surface area contributed by atoms with E-state index >= 15 is 0 Å². The van der Waals surface area contributed by atoms with E-state index in [1.54, 1.807) is 10.7 Å². The number of rotatable bonds is 2. The SMILES string of the molecule is Cc1ccc(-c2cnc3c(-c4nnn[nH]4)cnn3c2)c2ccccc12. The second-order valence-corrected chi connectivity index (χ2v) is 5.89. The number of nitrogens with one attached hydrogen (secondary N) is 1. The molecule has 0 bridgehead atoms. The molecule has 0 amide bonds. The van der Waals surface area contributed by atoms with E-state index in [9.17, 15) is 0 Å². The Bertz CT molecular complexity index is 1210. The van der Waals surface area contributed by atoms with E-state index in [1.807, 2.05) is 12.4 Å². The molecular formula is C18H13N7. The number of aryl methyl sites for hydroxylation is 1. The standard InChI is InChI=1S/C18H13N7/c1-11-6-7-14(15-5-3-2-4-13(11)15)12-8-19-18-16(9-20-25(18)10-12)17-21-23-24-22-17/h2-10H,1H3,(H,21,22,23,24). The van der Waals surface area contributed by atoms with Crippen LogP contribution in [0.15, 0.2) is 55.0 Å². The van der Waals surface area contributed by atoms with Crippen LogP contribution in [0.1, 0.15) is 5.56 Å². The number of hydrogen-bond acceptors (Lipinski definition) is 5. The molecule has 0 aliphatic carbocycles. The molecule has 5 rings (SSSR count). The van der Waals surface area contributed by atoms with Crippen LogP contribution >= 0.6 is 0 Å².